The van der Waals surface area contributed by atoms with E-state index in [2.05, 4.69) is 0 Å². The van der Waals surface area contributed by atoms with Crippen molar-refractivity contribution in [1.29, 1.82) is 0 Å². The molecule has 0 unspecified atom stereocenters. The molecular weight excluding hydrogens is 144 g/mol. The van der Waals surface area contributed by atoms with E-state index in [4.69, 9.17) is 14.6 Å². The summed E-state index contributed by atoms with van der Waals surface area (Å²) in [6.07, 6.45) is -0.431. The summed E-state index contributed by atoms with van der Waals surface area (Å²) in [4.78, 5) is 0. The van der Waals surface area contributed by atoms with Gasteiger partial charge in [0, 0.05) is 13.2 Å². The molecule has 0 aliphatic carbocycles. The Balaban J connectivity index is -0.000000107. The molecule has 0 aromatic heterocycles. The van der Waals surface area contributed by atoms with Crippen LogP contribution in [0.2, 0.25) is 0 Å². The number of hydrogen-bond donors (Lipinski definition) is 1. The Morgan fingerprint density at radius 1 is 1.30 bits per heavy atom. The minimum atomic E-state index is -0.431. The van der Waals surface area contributed by atoms with Crippen LogP contribution >= 0.6 is 0 Å². The Morgan fingerprint density at radius 2 is 1.70 bits per heavy atom. The molecule has 0 aromatic rings. The number of aliphatic hydroxyl groups is 1. The predicted octanol–water partition coefficient (Wildman–Crippen LogP) is 0.222. The van der Waals surface area contributed by atoms with E-state index in [0.717, 1.165) is 0 Å². The standard InChI is InChI=1S/C6H14O3.Mg.2H/c1-3-8-6(5-7)9-4-2;;;/h6-7H,3-5H2,1-2H3;;;/q;+2;2*-1. The Bertz CT molecular complexity index is 62.8. The second-order valence-electron chi connectivity index (χ2n) is 1.52. The zero-order valence-electron chi connectivity index (χ0n) is 8.67. The smallest absolute Gasteiger partial charge is 1.00 e. The molecule has 1 N–H and O–H groups in total. The van der Waals surface area contributed by atoms with Crippen molar-refractivity contribution in [3.63, 3.8) is 0 Å². The molecule has 0 aliphatic rings. The van der Waals surface area contributed by atoms with E-state index >= 15 is 0 Å². The Hall–Kier alpha value is 0.646. The Kier molecular flexibility index (Phi) is 12.8. The van der Waals surface area contributed by atoms with Crippen molar-refractivity contribution in [1.82, 2.24) is 0 Å². The third-order valence-corrected chi connectivity index (χ3v) is 0.854. The summed E-state index contributed by atoms with van der Waals surface area (Å²) in [5.41, 5.74) is 0. The molecule has 0 atom stereocenters. The molecule has 0 saturated heterocycles. The zero-order chi connectivity index (χ0) is 7.11. The largest absolute Gasteiger partial charge is 2.00 e. The Morgan fingerprint density at radius 3 is 1.90 bits per heavy atom. The van der Waals surface area contributed by atoms with Crippen LogP contribution in [-0.2, 0) is 9.47 Å². The molecule has 0 fully saturated rings. The number of rotatable bonds is 5. The molecule has 0 aromatic carbocycles. The van der Waals surface area contributed by atoms with Crippen molar-refractivity contribution in [2.45, 2.75) is 20.1 Å². The molecule has 10 heavy (non-hydrogen) atoms. The molecule has 0 heterocycles. The first-order valence-electron chi connectivity index (χ1n) is 3.19. The van der Waals surface area contributed by atoms with Crippen LogP contribution in [0, 0.1) is 0 Å². The first-order valence-corrected chi connectivity index (χ1v) is 3.19. The number of aliphatic hydroxyl groups excluding tert-OH is 1. The van der Waals surface area contributed by atoms with Crippen molar-refractivity contribution < 1.29 is 17.4 Å². The van der Waals surface area contributed by atoms with Gasteiger partial charge in [-0.3, -0.25) is 0 Å². The maximum atomic E-state index is 8.54. The molecule has 3 nitrogen and oxygen atoms in total. The van der Waals surface area contributed by atoms with Crippen LogP contribution in [0.3, 0.4) is 0 Å². The average Bonchev–Trinajstić information content (AvgIpc) is 1.88. The summed E-state index contributed by atoms with van der Waals surface area (Å²) < 4.78 is 9.92. The van der Waals surface area contributed by atoms with Crippen molar-refractivity contribution >= 4 is 23.1 Å². The van der Waals surface area contributed by atoms with Crippen molar-refractivity contribution in [3.8, 4) is 0 Å². The van der Waals surface area contributed by atoms with E-state index in [0.29, 0.717) is 13.2 Å². The molecule has 60 valence electrons. The molecule has 0 radical (unpaired) electrons. The first-order chi connectivity index (χ1) is 4.35. The topological polar surface area (TPSA) is 38.7 Å². The molecule has 0 aliphatic heterocycles. The van der Waals surface area contributed by atoms with E-state index in [1.165, 1.54) is 0 Å². The van der Waals surface area contributed by atoms with E-state index in [-0.39, 0.29) is 32.5 Å². The van der Waals surface area contributed by atoms with Crippen molar-refractivity contribution in [2.24, 2.45) is 0 Å². The maximum Gasteiger partial charge on any atom is 2.00 e. The van der Waals surface area contributed by atoms with Gasteiger partial charge in [0.05, 0.1) is 6.61 Å². The summed E-state index contributed by atoms with van der Waals surface area (Å²) >= 11 is 0. The maximum absolute atomic E-state index is 8.54. The van der Waals surface area contributed by atoms with Gasteiger partial charge in [-0.1, -0.05) is 0 Å². The second kappa shape index (κ2) is 9.65. The normalized spacial score (nSPS) is 9.60. The minimum Gasteiger partial charge on any atom is -1.00 e. The number of ether oxygens (including phenoxy) is 2. The summed E-state index contributed by atoms with van der Waals surface area (Å²) in [7, 11) is 0. The van der Waals surface area contributed by atoms with E-state index in [1.807, 2.05) is 13.8 Å². The summed E-state index contributed by atoms with van der Waals surface area (Å²) in [6, 6.07) is 0. The molecule has 0 amide bonds. The predicted molar refractivity (Wildman–Crippen MR) is 42.1 cm³/mol. The third kappa shape index (κ3) is 6.76. The third-order valence-electron chi connectivity index (χ3n) is 0.854. The molecule has 0 rings (SSSR count). The van der Waals surface area contributed by atoms with Gasteiger partial charge < -0.3 is 17.4 Å². The fraction of sp³-hybridized carbons (Fsp3) is 1.00. The first kappa shape index (κ1) is 13.3. The van der Waals surface area contributed by atoms with Crippen LogP contribution in [0.25, 0.3) is 0 Å². The number of hydrogen-bond acceptors (Lipinski definition) is 3. The van der Waals surface area contributed by atoms with Gasteiger partial charge in [-0.25, -0.2) is 0 Å². The fourth-order valence-electron chi connectivity index (χ4n) is 0.525. The minimum absolute atomic E-state index is 0. The van der Waals surface area contributed by atoms with Crippen LogP contribution in [0.5, 0.6) is 0 Å². The van der Waals surface area contributed by atoms with Gasteiger partial charge in [-0.2, -0.15) is 0 Å². The second-order valence-corrected chi connectivity index (χ2v) is 1.52. The van der Waals surface area contributed by atoms with Crippen LogP contribution in [0.4, 0.5) is 0 Å². The zero-order valence-corrected chi connectivity index (χ0v) is 8.08. The van der Waals surface area contributed by atoms with Gasteiger partial charge in [-0.05, 0) is 13.8 Å². The van der Waals surface area contributed by atoms with Crippen LogP contribution in [0.1, 0.15) is 16.7 Å². The molecule has 0 saturated carbocycles. The van der Waals surface area contributed by atoms with E-state index in [9.17, 15) is 0 Å². The quantitative estimate of drug-likeness (QED) is 0.462. The summed E-state index contributed by atoms with van der Waals surface area (Å²) in [5.74, 6) is 0. The molecular formula is C6H16MgO3. The van der Waals surface area contributed by atoms with Gasteiger partial charge in [0.15, 0.2) is 6.29 Å². The van der Waals surface area contributed by atoms with E-state index in [1.54, 1.807) is 0 Å². The summed E-state index contributed by atoms with van der Waals surface area (Å²) in [6.45, 7) is 4.81. The van der Waals surface area contributed by atoms with Crippen LogP contribution in [-0.4, -0.2) is 54.3 Å². The van der Waals surface area contributed by atoms with E-state index < -0.39 is 6.29 Å². The fourth-order valence-corrected chi connectivity index (χ4v) is 0.525. The van der Waals surface area contributed by atoms with Crippen molar-refractivity contribution in [2.75, 3.05) is 19.8 Å². The monoisotopic (exact) mass is 160 g/mol. The average molecular weight is 160 g/mol. The molecule has 4 heteroatoms. The molecule has 0 spiro atoms. The molecule has 0 bridgehead atoms. The summed E-state index contributed by atoms with van der Waals surface area (Å²) in [5, 5.41) is 8.54. The van der Waals surface area contributed by atoms with Gasteiger partial charge >= 0.3 is 23.1 Å². The van der Waals surface area contributed by atoms with Gasteiger partial charge in [-0.15, -0.1) is 0 Å². The van der Waals surface area contributed by atoms with Crippen molar-refractivity contribution in [3.05, 3.63) is 0 Å². The van der Waals surface area contributed by atoms with Gasteiger partial charge in [0.25, 0.3) is 0 Å². The SMILES string of the molecule is CCOC(CO)OCC.[H-].[H-].[Mg+2]. The Labute approximate surface area is 80.8 Å². The van der Waals surface area contributed by atoms with Crippen LogP contribution < -0.4 is 0 Å². The van der Waals surface area contributed by atoms with Gasteiger partial charge in [0.2, 0.25) is 0 Å². The van der Waals surface area contributed by atoms with Gasteiger partial charge in [0.1, 0.15) is 0 Å². The van der Waals surface area contributed by atoms with Crippen LogP contribution in [0.15, 0.2) is 0 Å².